The summed E-state index contributed by atoms with van der Waals surface area (Å²) in [4.78, 5) is 5.05. The highest BCUT2D eigenvalue weighted by Crippen LogP contribution is 2.36. The molecule has 0 unspecified atom stereocenters. The van der Waals surface area contributed by atoms with Crippen LogP contribution in [0.4, 0.5) is 0 Å². The van der Waals surface area contributed by atoms with E-state index in [1.165, 1.54) is 22.3 Å². The summed E-state index contributed by atoms with van der Waals surface area (Å²) in [6.45, 7) is 2.13. The molecule has 2 nitrogen and oxygen atoms in total. The van der Waals surface area contributed by atoms with Gasteiger partial charge in [0.2, 0.25) is 0 Å². The molecule has 1 aliphatic rings. The summed E-state index contributed by atoms with van der Waals surface area (Å²) in [6, 6.07) is 30.1. The van der Waals surface area contributed by atoms with Crippen LogP contribution in [-0.2, 0) is 6.42 Å². The number of benzene rings is 3. The minimum atomic E-state index is 0.114. The zero-order valence-corrected chi connectivity index (χ0v) is 14.4. The van der Waals surface area contributed by atoms with E-state index in [0.717, 1.165) is 12.3 Å². The van der Waals surface area contributed by atoms with Crippen LogP contribution in [-0.4, -0.2) is 5.84 Å². The second-order valence-corrected chi connectivity index (χ2v) is 6.63. The van der Waals surface area contributed by atoms with Crippen molar-refractivity contribution in [3.8, 4) is 0 Å². The molecule has 3 aromatic carbocycles. The number of aryl methyl sites for hydroxylation is 1. The third kappa shape index (κ3) is 3.48. The van der Waals surface area contributed by atoms with E-state index in [9.17, 15) is 0 Å². The van der Waals surface area contributed by atoms with Crippen molar-refractivity contribution in [3.63, 3.8) is 0 Å². The smallest absolute Gasteiger partial charge is 0.102 e. The number of hydrogen-bond acceptors (Lipinski definition) is 2. The lowest BCUT2D eigenvalue weighted by molar-refractivity contribution is 0.572. The largest absolute Gasteiger partial charge is 0.364 e. The van der Waals surface area contributed by atoms with Crippen LogP contribution in [0.15, 0.2) is 89.9 Å². The summed E-state index contributed by atoms with van der Waals surface area (Å²) in [7, 11) is 0. The Morgan fingerprint density at radius 1 is 0.800 bits per heavy atom. The summed E-state index contributed by atoms with van der Waals surface area (Å²) in [6.07, 6.45) is 0.842. The number of amidine groups is 1. The lowest BCUT2D eigenvalue weighted by Gasteiger charge is -2.19. The summed E-state index contributed by atoms with van der Waals surface area (Å²) < 4.78 is 0. The number of hydrogen-bond donors (Lipinski definition) is 1. The van der Waals surface area contributed by atoms with E-state index < -0.39 is 0 Å². The van der Waals surface area contributed by atoms with Gasteiger partial charge in [0.25, 0.3) is 0 Å². The average Bonchev–Trinajstić information content (AvgIpc) is 3.07. The monoisotopic (exact) mass is 326 g/mol. The van der Waals surface area contributed by atoms with Crippen LogP contribution in [0.5, 0.6) is 0 Å². The van der Waals surface area contributed by atoms with E-state index in [1.54, 1.807) is 0 Å². The summed E-state index contributed by atoms with van der Waals surface area (Å²) >= 11 is 0. The van der Waals surface area contributed by atoms with E-state index >= 15 is 0 Å². The molecule has 2 heteroatoms. The maximum absolute atomic E-state index is 5.05. The Morgan fingerprint density at radius 3 is 2.16 bits per heavy atom. The Hall–Kier alpha value is -2.87. The van der Waals surface area contributed by atoms with Gasteiger partial charge in [-0.15, -0.1) is 0 Å². The zero-order valence-electron chi connectivity index (χ0n) is 14.4. The highest BCUT2D eigenvalue weighted by atomic mass is 15.1. The lowest BCUT2D eigenvalue weighted by Crippen LogP contribution is -2.25. The number of nitrogens with zero attached hydrogens (tertiary/aromatic N) is 1. The minimum Gasteiger partial charge on any atom is -0.364 e. The van der Waals surface area contributed by atoms with E-state index in [-0.39, 0.29) is 12.1 Å². The molecule has 0 bridgehead atoms. The topological polar surface area (TPSA) is 24.4 Å². The molecular weight excluding hydrogens is 304 g/mol. The Balaban J connectivity index is 1.65. The van der Waals surface area contributed by atoms with Crippen LogP contribution in [0.2, 0.25) is 0 Å². The second-order valence-electron chi connectivity index (χ2n) is 6.63. The van der Waals surface area contributed by atoms with Gasteiger partial charge in [0.05, 0.1) is 6.04 Å². The summed E-state index contributed by atoms with van der Waals surface area (Å²) in [5.74, 6) is 1.06. The molecule has 0 fully saturated rings. The van der Waals surface area contributed by atoms with Crippen molar-refractivity contribution >= 4 is 5.84 Å². The quantitative estimate of drug-likeness (QED) is 0.715. The molecule has 1 heterocycles. The molecule has 0 radical (unpaired) electrons. The molecule has 0 spiro atoms. The lowest BCUT2D eigenvalue weighted by atomic mass is 9.95. The minimum absolute atomic E-state index is 0.114. The van der Waals surface area contributed by atoms with Crippen molar-refractivity contribution in [2.24, 2.45) is 4.99 Å². The van der Waals surface area contributed by atoms with E-state index in [1.807, 2.05) is 0 Å². The Kier molecular flexibility index (Phi) is 4.34. The molecular formula is C23H22N2. The third-order valence-corrected chi connectivity index (χ3v) is 4.69. The normalized spacial score (nSPS) is 19.3. The first-order valence-corrected chi connectivity index (χ1v) is 8.78. The molecule has 4 rings (SSSR count). The third-order valence-electron chi connectivity index (χ3n) is 4.69. The van der Waals surface area contributed by atoms with Gasteiger partial charge in [0.1, 0.15) is 11.9 Å². The molecule has 1 N–H and O–H groups in total. The number of aliphatic imine (C=N–C) groups is 1. The van der Waals surface area contributed by atoms with Crippen molar-refractivity contribution < 1.29 is 0 Å². The van der Waals surface area contributed by atoms with Crippen LogP contribution in [0.3, 0.4) is 0 Å². The molecule has 3 aromatic rings. The molecule has 0 amide bonds. The van der Waals surface area contributed by atoms with Gasteiger partial charge in [-0.25, -0.2) is 0 Å². The number of nitrogens with one attached hydrogen (secondary N) is 1. The maximum Gasteiger partial charge on any atom is 0.102 e. The molecule has 1 aliphatic heterocycles. The predicted molar refractivity (Wildman–Crippen MR) is 104 cm³/mol. The van der Waals surface area contributed by atoms with Gasteiger partial charge in [-0.2, -0.15) is 0 Å². The molecule has 2 atom stereocenters. The van der Waals surface area contributed by atoms with Crippen molar-refractivity contribution in [2.45, 2.75) is 25.4 Å². The van der Waals surface area contributed by atoms with Crippen LogP contribution in [0.25, 0.3) is 0 Å². The summed E-state index contributed by atoms with van der Waals surface area (Å²) in [5.41, 5.74) is 5.12. The van der Waals surface area contributed by atoms with E-state index in [0.29, 0.717) is 0 Å². The first-order chi connectivity index (χ1) is 12.3. The highest BCUT2D eigenvalue weighted by Gasteiger charge is 2.30. The predicted octanol–water partition coefficient (Wildman–Crippen LogP) is 5.02. The van der Waals surface area contributed by atoms with Gasteiger partial charge >= 0.3 is 0 Å². The molecule has 0 saturated heterocycles. The standard InChI is InChI=1S/C23H22N2/c1-17-9-8-10-18(15-17)16-21-24-22(19-11-4-2-5-12-19)23(25-21)20-13-6-3-7-14-20/h2-15,22-23H,16H2,1H3,(H,24,25)/t22-,23+. The van der Waals surface area contributed by atoms with Crippen LogP contribution >= 0.6 is 0 Å². The Labute approximate surface area is 149 Å². The van der Waals surface area contributed by atoms with Gasteiger partial charge in [0, 0.05) is 6.42 Å². The highest BCUT2D eigenvalue weighted by molar-refractivity contribution is 5.87. The Morgan fingerprint density at radius 2 is 1.48 bits per heavy atom. The fourth-order valence-corrected chi connectivity index (χ4v) is 3.49. The van der Waals surface area contributed by atoms with Gasteiger partial charge in [0.15, 0.2) is 0 Å². The first kappa shape index (κ1) is 15.6. The van der Waals surface area contributed by atoms with Crippen molar-refractivity contribution in [2.75, 3.05) is 0 Å². The zero-order chi connectivity index (χ0) is 17.1. The first-order valence-electron chi connectivity index (χ1n) is 8.78. The van der Waals surface area contributed by atoms with Gasteiger partial charge in [-0.05, 0) is 23.6 Å². The van der Waals surface area contributed by atoms with Crippen molar-refractivity contribution in [1.82, 2.24) is 5.32 Å². The molecule has 0 aromatic heterocycles. The average molecular weight is 326 g/mol. The maximum atomic E-state index is 5.05. The number of rotatable bonds is 4. The van der Waals surface area contributed by atoms with E-state index in [2.05, 4.69) is 97.2 Å². The Bertz CT molecular complexity index is 869. The van der Waals surface area contributed by atoms with Crippen molar-refractivity contribution in [1.29, 1.82) is 0 Å². The van der Waals surface area contributed by atoms with E-state index in [4.69, 9.17) is 4.99 Å². The fraction of sp³-hybridized carbons (Fsp3) is 0.174. The summed E-state index contributed by atoms with van der Waals surface area (Å²) in [5, 5.41) is 3.67. The van der Waals surface area contributed by atoms with Gasteiger partial charge in [-0.3, -0.25) is 4.99 Å². The molecule has 0 aliphatic carbocycles. The van der Waals surface area contributed by atoms with Gasteiger partial charge < -0.3 is 5.32 Å². The molecule has 124 valence electrons. The second kappa shape index (κ2) is 6.94. The van der Waals surface area contributed by atoms with Crippen LogP contribution in [0.1, 0.15) is 34.3 Å². The van der Waals surface area contributed by atoms with Crippen LogP contribution < -0.4 is 5.32 Å². The SMILES string of the molecule is Cc1cccc(CC2=N[C@@H](c3ccccc3)[C@@H](c3ccccc3)N2)c1. The van der Waals surface area contributed by atoms with Gasteiger partial charge in [-0.1, -0.05) is 90.5 Å². The molecule has 25 heavy (non-hydrogen) atoms. The fourth-order valence-electron chi connectivity index (χ4n) is 3.49. The molecule has 0 saturated carbocycles. The van der Waals surface area contributed by atoms with Crippen LogP contribution in [0, 0.1) is 6.92 Å². The van der Waals surface area contributed by atoms with Crippen molar-refractivity contribution in [3.05, 3.63) is 107 Å².